The van der Waals surface area contributed by atoms with Gasteiger partial charge in [0.1, 0.15) is 6.17 Å². The second kappa shape index (κ2) is 11.5. The average Bonchev–Trinajstić information content (AvgIpc) is 3.29. The first-order chi connectivity index (χ1) is 15.6. The minimum Gasteiger partial charge on any atom is -0.339 e. The van der Waals surface area contributed by atoms with Gasteiger partial charge >= 0.3 is 0 Å². The number of hydrogen-bond acceptors (Lipinski definition) is 4. The molecular weight excluding hydrogens is 501 g/mol. The third-order valence-electron chi connectivity index (χ3n) is 5.46. The predicted molar refractivity (Wildman–Crippen MR) is 140 cm³/mol. The maximum Gasteiger partial charge on any atom is 0.228 e. The Hall–Kier alpha value is -1.93. The van der Waals surface area contributed by atoms with E-state index >= 15 is 0 Å². The summed E-state index contributed by atoms with van der Waals surface area (Å²) in [6, 6.07) is 13.4. The van der Waals surface area contributed by atoms with Crippen molar-refractivity contribution in [2.45, 2.75) is 49.5 Å². The predicted octanol–water partition coefficient (Wildman–Crippen LogP) is 7.01. The van der Waals surface area contributed by atoms with E-state index < -0.39 is 9.96 Å². The van der Waals surface area contributed by atoms with Crippen molar-refractivity contribution in [1.82, 2.24) is 10.6 Å². The molecule has 3 N–H and O–H groups in total. The molecule has 1 atom stereocenters. The van der Waals surface area contributed by atoms with Crippen molar-refractivity contribution in [3.05, 3.63) is 53.6 Å². The molecule has 0 radical (unpaired) electrons. The van der Waals surface area contributed by atoms with Crippen LogP contribution in [-0.2, 0) is 4.79 Å². The number of alkyl halides is 3. The van der Waals surface area contributed by atoms with Crippen LogP contribution in [0.5, 0.6) is 0 Å². The van der Waals surface area contributed by atoms with Crippen molar-refractivity contribution in [2.75, 3.05) is 5.32 Å². The Bertz CT molecular complexity index is 1030. The van der Waals surface area contributed by atoms with E-state index in [1.165, 1.54) is 0 Å². The molecule has 6 nitrogen and oxygen atoms in total. The van der Waals surface area contributed by atoms with Gasteiger partial charge in [-0.2, -0.15) is 10.2 Å². The average molecular weight is 527 g/mol. The number of halogens is 3. The summed E-state index contributed by atoms with van der Waals surface area (Å²) in [7, 11) is 0. The van der Waals surface area contributed by atoms with Crippen molar-refractivity contribution in [1.29, 1.82) is 0 Å². The molecule has 1 aliphatic carbocycles. The van der Waals surface area contributed by atoms with Gasteiger partial charge in [-0.15, -0.1) is 0 Å². The minimum atomic E-state index is -1.78. The summed E-state index contributed by atoms with van der Waals surface area (Å²) in [5, 5.41) is 17.6. The number of benzene rings is 2. The van der Waals surface area contributed by atoms with E-state index in [1.54, 1.807) is 0 Å². The normalized spacial score (nSPS) is 15.4. The number of nitrogens with zero attached hydrogens (tertiary/aromatic N) is 2. The minimum absolute atomic E-state index is 0.0631. The molecule has 0 unspecified atom stereocenters. The SMILES string of the molecule is Cc1ccccc1N=Nc1ccc(NC(=S)N[C@H](NC(=O)C2CCCC2)C(Cl)(Cl)Cl)c(C)c1. The molecule has 10 heteroatoms. The molecule has 3 rings (SSSR count). The largest absolute Gasteiger partial charge is 0.339 e. The summed E-state index contributed by atoms with van der Waals surface area (Å²) in [6.07, 6.45) is 2.77. The Morgan fingerprint density at radius 1 is 1.03 bits per heavy atom. The van der Waals surface area contributed by atoms with Crippen LogP contribution in [0.3, 0.4) is 0 Å². The summed E-state index contributed by atoms with van der Waals surface area (Å²) in [6.45, 7) is 3.91. The second-order valence-electron chi connectivity index (χ2n) is 8.05. The third kappa shape index (κ3) is 7.54. The molecule has 0 bridgehead atoms. The first-order valence-electron chi connectivity index (χ1n) is 10.7. The molecule has 176 valence electrons. The molecule has 0 saturated heterocycles. The lowest BCUT2D eigenvalue weighted by molar-refractivity contribution is -0.125. The van der Waals surface area contributed by atoms with Crippen molar-refractivity contribution in [3.8, 4) is 0 Å². The first-order valence-corrected chi connectivity index (χ1v) is 12.2. The van der Waals surface area contributed by atoms with Crippen LogP contribution in [0.25, 0.3) is 0 Å². The van der Waals surface area contributed by atoms with E-state index in [0.29, 0.717) is 5.69 Å². The molecule has 2 aromatic carbocycles. The van der Waals surface area contributed by atoms with Crippen LogP contribution >= 0.6 is 47.0 Å². The quantitative estimate of drug-likeness (QED) is 0.164. The lowest BCUT2D eigenvalue weighted by atomic mass is 10.1. The van der Waals surface area contributed by atoms with Crippen molar-refractivity contribution >= 4 is 75.1 Å². The van der Waals surface area contributed by atoms with E-state index in [-0.39, 0.29) is 16.9 Å². The molecule has 2 aromatic rings. The zero-order valence-corrected chi connectivity index (χ0v) is 21.5. The van der Waals surface area contributed by atoms with Gasteiger partial charge in [-0.3, -0.25) is 4.79 Å². The zero-order valence-electron chi connectivity index (χ0n) is 18.4. The number of aryl methyl sites for hydroxylation is 2. The number of carbonyl (C=O) groups is 1. The van der Waals surface area contributed by atoms with Gasteiger partial charge in [0.2, 0.25) is 9.70 Å². The van der Waals surface area contributed by atoms with Gasteiger partial charge in [0.05, 0.1) is 11.4 Å². The standard InChI is InChI=1S/C23H26Cl3N5OS/c1-14-7-3-6-10-19(14)31-30-17-11-12-18(15(2)13-17)27-22(33)29-21(23(24,25)26)28-20(32)16-8-4-5-9-16/h3,6-7,10-13,16,21H,4-5,8-9H2,1-2H3,(H,28,32)(H2,27,29,33)/t21-/m0/s1. The fraction of sp³-hybridized carbons (Fsp3) is 0.391. The maximum absolute atomic E-state index is 12.5. The van der Waals surface area contributed by atoms with E-state index in [0.717, 1.165) is 48.2 Å². The van der Waals surface area contributed by atoms with Gasteiger partial charge in [0.25, 0.3) is 0 Å². The van der Waals surface area contributed by atoms with E-state index in [4.69, 9.17) is 47.0 Å². The van der Waals surface area contributed by atoms with Crippen LogP contribution in [0, 0.1) is 19.8 Å². The van der Waals surface area contributed by atoms with E-state index in [2.05, 4.69) is 26.2 Å². The highest BCUT2D eigenvalue weighted by molar-refractivity contribution is 7.80. The van der Waals surface area contributed by atoms with E-state index in [1.807, 2.05) is 56.3 Å². The highest BCUT2D eigenvalue weighted by Crippen LogP contribution is 2.31. The number of nitrogens with one attached hydrogen (secondary N) is 3. The number of rotatable bonds is 6. The van der Waals surface area contributed by atoms with Crippen molar-refractivity contribution in [3.63, 3.8) is 0 Å². The molecule has 0 heterocycles. The molecule has 33 heavy (non-hydrogen) atoms. The van der Waals surface area contributed by atoms with Gasteiger partial charge in [0.15, 0.2) is 5.11 Å². The van der Waals surface area contributed by atoms with Gasteiger partial charge in [0, 0.05) is 11.6 Å². The Morgan fingerprint density at radius 2 is 1.73 bits per heavy atom. The highest BCUT2D eigenvalue weighted by atomic mass is 35.6. The topological polar surface area (TPSA) is 77.9 Å². The number of thiocarbonyl (C=S) groups is 1. The fourth-order valence-electron chi connectivity index (χ4n) is 3.57. The summed E-state index contributed by atoms with van der Waals surface area (Å²) in [5.41, 5.74) is 4.24. The van der Waals surface area contributed by atoms with Crippen LogP contribution < -0.4 is 16.0 Å². The van der Waals surface area contributed by atoms with Crippen molar-refractivity contribution < 1.29 is 4.79 Å². The molecule has 0 aromatic heterocycles. The number of carbonyl (C=O) groups excluding carboxylic acids is 1. The van der Waals surface area contributed by atoms with Crippen LogP contribution in [0.15, 0.2) is 52.7 Å². The summed E-state index contributed by atoms with van der Waals surface area (Å²) >= 11 is 23.7. The summed E-state index contributed by atoms with van der Waals surface area (Å²) in [4.78, 5) is 12.5. The zero-order chi connectivity index (χ0) is 24.0. The Labute approximate surface area is 214 Å². The van der Waals surface area contributed by atoms with Crippen molar-refractivity contribution in [2.24, 2.45) is 16.1 Å². The molecule has 0 aliphatic heterocycles. The number of azo groups is 1. The van der Waals surface area contributed by atoms with Gasteiger partial charge < -0.3 is 16.0 Å². The second-order valence-corrected chi connectivity index (χ2v) is 10.8. The van der Waals surface area contributed by atoms with Crippen LogP contribution in [0.2, 0.25) is 0 Å². The summed E-state index contributed by atoms with van der Waals surface area (Å²) in [5.74, 6) is -0.203. The number of hydrogen-bond donors (Lipinski definition) is 3. The Morgan fingerprint density at radius 3 is 2.36 bits per heavy atom. The molecule has 1 fully saturated rings. The molecule has 1 amide bonds. The first kappa shape index (κ1) is 25.7. The van der Waals surface area contributed by atoms with Gasteiger partial charge in [-0.25, -0.2) is 0 Å². The summed E-state index contributed by atoms with van der Waals surface area (Å²) < 4.78 is -1.78. The Balaban J connectivity index is 1.63. The van der Waals surface area contributed by atoms with Crippen LogP contribution in [-0.4, -0.2) is 21.0 Å². The Kier molecular flexibility index (Phi) is 8.93. The van der Waals surface area contributed by atoms with Gasteiger partial charge in [-0.1, -0.05) is 65.8 Å². The monoisotopic (exact) mass is 525 g/mol. The number of anilines is 1. The number of amides is 1. The third-order valence-corrected chi connectivity index (χ3v) is 6.34. The maximum atomic E-state index is 12.5. The molecular formula is C23H26Cl3N5OS. The highest BCUT2D eigenvalue weighted by Gasteiger charge is 2.36. The van der Waals surface area contributed by atoms with Crippen LogP contribution in [0.1, 0.15) is 36.8 Å². The van der Waals surface area contributed by atoms with E-state index in [9.17, 15) is 4.79 Å². The molecule has 1 aliphatic rings. The lowest BCUT2D eigenvalue weighted by Gasteiger charge is -2.29. The lowest BCUT2D eigenvalue weighted by Crippen LogP contribution is -2.57. The smallest absolute Gasteiger partial charge is 0.228 e. The fourth-order valence-corrected chi connectivity index (χ4v) is 4.13. The molecule has 1 saturated carbocycles. The molecule has 0 spiro atoms. The van der Waals surface area contributed by atoms with Gasteiger partial charge in [-0.05, 0) is 74.3 Å². The van der Waals surface area contributed by atoms with Crippen LogP contribution in [0.4, 0.5) is 17.1 Å².